The van der Waals surface area contributed by atoms with Gasteiger partial charge in [-0.05, 0) is 74.8 Å². The maximum absolute atomic E-state index is 13.5. The minimum absolute atomic E-state index is 0. The van der Waals surface area contributed by atoms with Gasteiger partial charge in [-0.3, -0.25) is 9.59 Å². The van der Waals surface area contributed by atoms with Crippen LogP contribution < -0.4 is 4.74 Å². The van der Waals surface area contributed by atoms with E-state index in [4.69, 9.17) is 14.3 Å². The zero-order valence-electron chi connectivity index (χ0n) is 22.2. The normalized spacial score (nSPS) is 10.8. The fraction of sp³-hybridized carbons (Fsp3) is 0.433. The maximum Gasteiger partial charge on any atom is 0.303 e. The van der Waals surface area contributed by atoms with Crippen molar-refractivity contribution in [2.24, 2.45) is 0 Å². The Kier molecular flexibility index (Phi) is 12.8. The molecule has 204 valence electrons. The number of hydrogen-bond donors (Lipinski definition) is 1. The number of carboxylic acid groups (broad SMARTS) is 1. The molecule has 1 heterocycles. The van der Waals surface area contributed by atoms with E-state index < -0.39 is 5.97 Å². The van der Waals surface area contributed by atoms with Crippen molar-refractivity contribution in [3.05, 3.63) is 64.9 Å². The van der Waals surface area contributed by atoms with Crippen LogP contribution in [0.4, 0.5) is 0 Å². The molecule has 2 aromatic carbocycles. The summed E-state index contributed by atoms with van der Waals surface area (Å²) in [6, 6.07) is 13.9. The molecule has 3 aromatic rings. The van der Waals surface area contributed by atoms with Crippen LogP contribution in [0.5, 0.6) is 5.75 Å². The summed E-state index contributed by atoms with van der Waals surface area (Å²) < 4.78 is 11.7. The number of unbranched alkanes of at least 4 members (excludes halogenated alkanes) is 2. The molecule has 0 fully saturated rings. The highest BCUT2D eigenvalue weighted by Crippen LogP contribution is 2.30. The monoisotopic (exact) mass is 540 g/mol. The molecule has 0 saturated heterocycles. The lowest BCUT2D eigenvalue weighted by molar-refractivity contribution is -0.137. The van der Waals surface area contributed by atoms with E-state index in [1.54, 1.807) is 42.5 Å². The van der Waals surface area contributed by atoms with Gasteiger partial charge < -0.3 is 19.2 Å². The Morgan fingerprint density at radius 2 is 1.66 bits per heavy atom. The average molecular weight is 541 g/mol. The second kappa shape index (κ2) is 15.8. The van der Waals surface area contributed by atoms with Crippen molar-refractivity contribution in [2.75, 3.05) is 26.2 Å². The van der Waals surface area contributed by atoms with Gasteiger partial charge in [0.15, 0.2) is 5.78 Å². The molecule has 0 aliphatic heterocycles. The van der Waals surface area contributed by atoms with E-state index >= 15 is 0 Å². The first-order valence-corrected chi connectivity index (χ1v) is 13.1. The highest BCUT2D eigenvalue weighted by atomic mass is 35.5. The molecule has 0 atom stereocenters. The summed E-state index contributed by atoms with van der Waals surface area (Å²) in [6.07, 6.45) is 5.67. The zero-order valence-corrected chi connectivity index (χ0v) is 23.0. The van der Waals surface area contributed by atoms with Gasteiger partial charge in [-0.2, -0.15) is 5.26 Å². The van der Waals surface area contributed by atoms with Crippen molar-refractivity contribution in [3.63, 3.8) is 0 Å². The molecule has 0 bridgehead atoms. The van der Waals surface area contributed by atoms with E-state index in [0.717, 1.165) is 26.1 Å². The first kappa shape index (κ1) is 30.9. The number of furan rings is 1. The summed E-state index contributed by atoms with van der Waals surface area (Å²) in [5.41, 5.74) is 1.61. The number of hydrogen-bond acceptors (Lipinski definition) is 6. The number of ether oxygens (including phenoxy) is 1. The first-order chi connectivity index (χ1) is 18.0. The number of halogens is 1. The van der Waals surface area contributed by atoms with Crippen LogP contribution in [0.25, 0.3) is 11.0 Å². The molecule has 1 N–H and O–H groups in total. The van der Waals surface area contributed by atoms with Crippen molar-refractivity contribution >= 4 is 35.1 Å². The number of aryl methyl sites for hydroxylation is 1. The number of rotatable bonds is 16. The zero-order chi connectivity index (χ0) is 26.6. The Labute approximate surface area is 230 Å². The van der Waals surface area contributed by atoms with E-state index in [1.807, 2.05) is 0 Å². The standard InChI is InChI=1S/C30H36N2O5.ClH/c1-3-5-16-32(17-6-4-2)18-7-19-36-24-11-9-23(10-12-24)30(35)29-25-20-22(21-31)8-13-26(25)37-27(29)14-15-28(33)34;/h8-13,20H,3-7,14-19H2,1-2H3,(H,33,34);1H. The minimum atomic E-state index is -0.975. The molecule has 0 unspecified atom stereocenters. The van der Waals surface area contributed by atoms with Crippen LogP contribution in [0, 0.1) is 11.3 Å². The molecule has 1 aromatic heterocycles. The second-order valence-corrected chi connectivity index (χ2v) is 9.22. The van der Waals surface area contributed by atoms with E-state index in [1.165, 1.54) is 25.7 Å². The van der Waals surface area contributed by atoms with Gasteiger partial charge in [0.2, 0.25) is 0 Å². The molecular weight excluding hydrogens is 504 g/mol. The highest BCUT2D eigenvalue weighted by Gasteiger charge is 2.23. The number of benzene rings is 2. The van der Waals surface area contributed by atoms with E-state index in [0.29, 0.717) is 45.8 Å². The Hall–Kier alpha value is -3.34. The van der Waals surface area contributed by atoms with E-state index in [-0.39, 0.29) is 31.0 Å². The molecule has 8 heteroatoms. The summed E-state index contributed by atoms with van der Waals surface area (Å²) in [5.74, 6) is -0.242. The molecule has 0 spiro atoms. The van der Waals surface area contributed by atoms with Gasteiger partial charge in [-0.25, -0.2) is 0 Å². The molecule has 0 aliphatic rings. The van der Waals surface area contributed by atoms with Crippen molar-refractivity contribution in [3.8, 4) is 11.8 Å². The Morgan fingerprint density at radius 1 is 1.00 bits per heavy atom. The number of nitriles is 1. The third kappa shape index (κ3) is 8.61. The third-order valence-corrected chi connectivity index (χ3v) is 6.34. The molecule has 0 radical (unpaired) electrons. The largest absolute Gasteiger partial charge is 0.494 e. The van der Waals surface area contributed by atoms with Gasteiger partial charge in [0.1, 0.15) is 17.1 Å². The fourth-order valence-electron chi connectivity index (χ4n) is 4.29. The van der Waals surface area contributed by atoms with Crippen LogP contribution in [0.15, 0.2) is 46.9 Å². The van der Waals surface area contributed by atoms with Crippen LogP contribution in [-0.4, -0.2) is 48.0 Å². The van der Waals surface area contributed by atoms with Crippen molar-refractivity contribution in [1.29, 1.82) is 5.26 Å². The number of nitrogens with zero attached hydrogens (tertiary/aromatic N) is 2. The summed E-state index contributed by atoms with van der Waals surface area (Å²) in [6.45, 7) is 8.29. The Bertz CT molecular complexity index is 1220. The summed E-state index contributed by atoms with van der Waals surface area (Å²) in [7, 11) is 0. The minimum Gasteiger partial charge on any atom is -0.494 e. The number of ketones is 1. The van der Waals surface area contributed by atoms with E-state index in [2.05, 4.69) is 24.8 Å². The van der Waals surface area contributed by atoms with Crippen molar-refractivity contribution in [2.45, 2.75) is 58.8 Å². The molecule has 7 nitrogen and oxygen atoms in total. The van der Waals surface area contributed by atoms with Crippen molar-refractivity contribution < 1.29 is 23.8 Å². The lowest BCUT2D eigenvalue weighted by Crippen LogP contribution is -2.28. The number of carboxylic acids is 1. The van der Waals surface area contributed by atoms with Gasteiger partial charge in [0.05, 0.1) is 30.2 Å². The third-order valence-electron chi connectivity index (χ3n) is 6.34. The smallest absolute Gasteiger partial charge is 0.303 e. The predicted octanol–water partition coefficient (Wildman–Crippen LogP) is 6.65. The topological polar surface area (TPSA) is 104 Å². The first-order valence-electron chi connectivity index (χ1n) is 13.1. The maximum atomic E-state index is 13.5. The van der Waals surface area contributed by atoms with Crippen LogP contribution in [-0.2, 0) is 11.2 Å². The molecule has 3 rings (SSSR count). The van der Waals surface area contributed by atoms with Crippen LogP contribution in [0.1, 0.15) is 79.6 Å². The van der Waals surface area contributed by atoms with Gasteiger partial charge in [0.25, 0.3) is 0 Å². The summed E-state index contributed by atoms with van der Waals surface area (Å²) in [4.78, 5) is 27.1. The van der Waals surface area contributed by atoms with Gasteiger partial charge >= 0.3 is 5.97 Å². The molecule has 38 heavy (non-hydrogen) atoms. The SMILES string of the molecule is CCCCN(CCCC)CCCOc1ccc(C(=O)c2c(CCC(=O)O)oc3ccc(C#N)cc23)cc1.Cl. The predicted molar refractivity (Wildman–Crippen MR) is 150 cm³/mol. The molecule has 0 aliphatic carbocycles. The lowest BCUT2D eigenvalue weighted by atomic mass is 9.98. The van der Waals surface area contributed by atoms with Crippen molar-refractivity contribution in [1.82, 2.24) is 4.90 Å². The molecule has 0 amide bonds. The van der Waals surface area contributed by atoms with Gasteiger partial charge in [-0.15, -0.1) is 12.4 Å². The van der Waals surface area contributed by atoms with Gasteiger partial charge in [-0.1, -0.05) is 26.7 Å². The number of carbonyl (C=O) groups is 2. The number of carbonyl (C=O) groups excluding carboxylic acids is 1. The molecule has 0 saturated carbocycles. The van der Waals surface area contributed by atoms with Crippen LogP contribution in [0.3, 0.4) is 0 Å². The average Bonchev–Trinajstić information content (AvgIpc) is 3.28. The fourth-order valence-corrected chi connectivity index (χ4v) is 4.29. The van der Waals surface area contributed by atoms with E-state index in [9.17, 15) is 14.9 Å². The van der Waals surface area contributed by atoms with Gasteiger partial charge in [0, 0.05) is 23.9 Å². The number of aliphatic carboxylic acids is 1. The number of fused-ring (bicyclic) bond motifs is 1. The Morgan fingerprint density at radius 3 is 2.26 bits per heavy atom. The summed E-state index contributed by atoms with van der Waals surface area (Å²) in [5, 5.41) is 18.9. The van der Waals surface area contributed by atoms with Crippen LogP contribution in [0.2, 0.25) is 0 Å². The lowest BCUT2D eigenvalue weighted by Gasteiger charge is -2.21. The molecular formula is C30H37ClN2O5. The summed E-state index contributed by atoms with van der Waals surface area (Å²) >= 11 is 0. The highest BCUT2D eigenvalue weighted by molar-refractivity contribution is 6.17. The Balaban J connectivity index is 0.00000507. The quantitative estimate of drug-likeness (QED) is 0.160. The van der Waals surface area contributed by atoms with Crippen LogP contribution >= 0.6 is 12.4 Å². The second-order valence-electron chi connectivity index (χ2n) is 9.22.